The highest BCUT2D eigenvalue weighted by Gasteiger charge is 2.18. The van der Waals surface area contributed by atoms with E-state index >= 15 is 0 Å². The average Bonchev–Trinajstić information content (AvgIpc) is 3.06. The third-order valence-corrected chi connectivity index (χ3v) is 5.86. The van der Waals surface area contributed by atoms with E-state index in [0.29, 0.717) is 16.1 Å². The van der Waals surface area contributed by atoms with Crippen LogP contribution in [0.3, 0.4) is 0 Å². The molecule has 2 N–H and O–H groups in total. The number of likely N-dealkylation sites (tertiary alicyclic amines) is 1. The number of hydrogen-bond donors (Lipinski definition) is 2. The van der Waals surface area contributed by atoms with Crippen molar-refractivity contribution in [3.8, 4) is 0 Å². The molecule has 2 aromatic rings. The Morgan fingerprint density at radius 2 is 2.18 bits per heavy atom. The number of carbonyl (C=O) groups excluding carboxylic acids is 2. The molecule has 28 heavy (non-hydrogen) atoms. The van der Waals surface area contributed by atoms with E-state index in [-0.39, 0.29) is 23.0 Å². The minimum atomic E-state index is -0.434. The molecule has 9 heteroatoms. The lowest BCUT2D eigenvalue weighted by Crippen LogP contribution is -2.34. The second-order valence-electron chi connectivity index (χ2n) is 6.98. The number of halogens is 2. The molecule has 1 saturated heterocycles. The standard InChI is InChI=1S/C19H22Cl2N4O2S/c1-12-3-2-6-25(9-12)10-14-11-28-19(23-14)24-17(26)8-22-18(27)15-5-4-13(20)7-16(15)21/h4-5,7,11-12H,2-3,6,8-10H2,1H3,(H,22,27)(H,23,24,26). The van der Waals surface area contributed by atoms with Crippen LogP contribution >= 0.6 is 34.5 Å². The third-order valence-electron chi connectivity index (χ3n) is 4.51. The molecular formula is C19H22Cl2N4O2S. The van der Waals surface area contributed by atoms with E-state index in [9.17, 15) is 9.59 Å². The van der Waals surface area contributed by atoms with Crippen LogP contribution in [0.25, 0.3) is 0 Å². The van der Waals surface area contributed by atoms with Gasteiger partial charge in [-0.3, -0.25) is 14.5 Å². The predicted octanol–water partition coefficient (Wildman–Crippen LogP) is 4.05. The molecule has 1 atom stereocenters. The first-order valence-electron chi connectivity index (χ1n) is 9.10. The van der Waals surface area contributed by atoms with Crippen molar-refractivity contribution >= 4 is 51.5 Å². The number of nitrogens with zero attached hydrogens (tertiary/aromatic N) is 2. The quantitative estimate of drug-likeness (QED) is 0.710. The van der Waals surface area contributed by atoms with Crippen molar-refractivity contribution in [2.45, 2.75) is 26.3 Å². The summed E-state index contributed by atoms with van der Waals surface area (Å²) in [7, 11) is 0. The van der Waals surface area contributed by atoms with Crippen LogP contribution in [-0.4, -0.2) is 41.3 Å². The summed E-state index contributed by atoms with van der Waals surface area (Å²) >= 11 is 13.2. The van der Waals surface area contributed by atoms with Gasteiger partial charge >= 0.3 is 0 Å². The van der Waals surface area contributed by atoms with E-state index in [2.05, 4.69) is 27.4 Å². The lowest BCUT2D eigenvalue weighted by atomic mass is 10.0. The van der Waals surface area contributed by atoms with Gasteiger partial charge in [-0.15, -0.1) is 11.3 Å². The smallest absolute Gasteiger partial charge is 0.253 e. The van der Waals surface area contributed by atoms with Gasteiger partial charge in [-0.25, -0.2) is 4.98 Å². The van der Waals surface area contributed by atoms with Gasteiger partial charge in [0, 0.05) is 23.5 Å². The second-order valence-corrected chi connectivity index (χ2v) is 8.68. The number of piperidine rings is 1. The number of thiazole rings is 1. The first-order chi connectivity index (χ1) is 13.4. The first kappa shape index (κ1) is 21.0. The minimum Gasteiger partial charge on any atom is -0.343 e. The molecule has 1 aromatic heterocycles. The van der Waals surface area contributed by atoms with Gasteiger partial charge < -0.3 is 10.6 Å². The van der Waals surface area contributed by atoms with Gasteiger partial charge in [0.1, 0.15) is 0 Å². The summed E-state index contributed by atoms with van der Waals surface area (Å²) in [5.41, 5.74) is 1.22. The molecule has 2 amide bonds. The third kappa shape index (κ3) is 5.91. The van der Waals surface area contributed by atoms with Crippen molar-refractivity contribution in [1.29, 1.82) is 0 Å². The molecule has 6 nitrogen and oxygen atoms in total. The van der Waals surface area contributed by atoms with Crippen LogP contribution in [0, 0.1) is 5.92 Å². The Morgan fingerprint density at radius 3 is 2.93 bits per heavy atom. The highest BCUT2D eigenvalue weighted by molar-refractivity contribution is 7.13. The molecule has 0 aliphatic carbocycles. The van der Waals surface area contributed by atoms with E-state index in [4.69, 9.17) is 23.2 Å². The Bertz CT molecular complexity index is 858. The highest BCUT2D eigenvalue weighted by atomic mass is 35.5. The van der Waals surface area contributed by atoms with Crippen molar-refractivity contribution in [3.05, 3.63) is 44.9 Å². The average molecular weight is 441 g/mol. The van der Waals surface area contributed by atoms with Crippen molar-refractivity contribution in [2.75, 3.05) is 25.0 Å². The summed E-state index contributed by atoms with van der Waals surface area (Å²) in [5, 5.41) is 8.44. The van der Waals surface area contributed by atoms with Crippen molar-refractivity contribution in [2.24, 2.45) is 5.92 Å². The number of benzene rings is 1. The summed E-state index contributed by atoms with van der Waals surface area (Å²) in [6.45, 7) is 5.06. The molecule has 0 radical (unpaired) electrons. The monoisotopic (exact) mass is 440 g/mol. The van der Waals surface area contributed by atoms with Crippen LogP contribution < -0.4 is 10.6 Å². The maximum atomic E-state index is 12.1. The summed E-state index contributed by atoms with van der Waals surface area (Å²) in [4.78, 5) is 31.1. The Kier molecular flexibility index (Phi) is 7.29. The molecule has 2 heterocycles. The summed E-state index contributed by atoms with van der Waals surface area (Å²) < 4.78 is 0. The first-order valence-corrected chi connectivity index (χ1v) is 10.7. The van der Waals surface area contributed by atoms with Gasteiger partial charge in [0.05, 0.1) is 22.8 Å². The zero-order valence-electron chi connectivity index (χ0n) is 15.5. The van der Waals surface area contributed by atoms with Crippen molar-refractivity contribution in [1.82, 2.24) is 15.2 Å². The second kappa shape index (κ2) is 9.69. The molecule has 1 fully saturated rings. The van der Waals surface area contributed by atoms with Crippen LogP contribution in [0.15, 0.2) is 23.6 Å². The molecule has 1 aromatic carbocycles. The molecule has 0 saturated carbocycles. The van der Waals surface area contributed by atoms with Crippen LogP contribution in [0.4, 0.5) is 5.13 Å². The van der Waals surface area contributed by atoms with Gasteiger partial charge in [-0.2, -0.15) is 0 Å². The fourth-order valence-corrected chi connectivity index (χ4v) is 4.40. The largest absolute Gasteiger partial charge is 0.343 e. The zero-order chi connectivity index (χ0) is 20.1. The van der Waals surface area contributed by atoms with E-state index in [1.54, 1.807) is 6.07 Å². The van der Waals surface area contributed by atoms with Gasteiger partial charge in [0.25, 0.3) is 5.91 Å². The molecular weight excluding hydrogens is 419 g/mol. The predicted molar refractivity (Wildman–Crippen MR) is 113 cm³/mol. The lowest BCUT2D eigenvalue weighted by molar-refractivity contribution is -0.115. The maximum Gasteiger partial charge on any atom is 0.253 e. The van der Waals surface area contributed by atoms with Gasteiger partial charge in [0.15, 0.2) is 5.13 Å². The Labute approximate surface area is 178 Å². The minimum absolute atomic E-state index is 0.170. The highest BCUT2D eigenvalue weighted by Crippen LogP contribution is 2.22. The molecule has 1 unspecified atom stereocenters. The Balaban J connectivity index is 1.47. The van der Waals surface area contributed by atoms with Gasteiger partial charge in [-0.1, -0.05) is 30.1 Å². The molecule has 0 spiro atoms. The fraction of sp³-hybridized carbons (Fsp3) is 0.421. The van der Waals surface area contributed by atoms with Gasteiger partial charge in [-0.05, 0) is 43.5 Å². The molecule has 3 rings (SSSR count). The van der Waals surface area contributed by atoms with E-state index in [1.807, 2.05) is 5.38 Å². The number of hydrogen-bond acceptors (Lipinski definition) is 5. The fourth-order valence-electron chi connectivity index (χ4n) is 3.19. The van der Waals surface area contributed by atoms with E-state index < -0.39 is 5.91 Å². The number of aromatic nitrogens is 1. The van der Waals surface area contributed by atoms with Crippen LogP contribution in [0.2, 0.25) is 10.0 Å². The van der Waals surface area contributed by atoms with Crippen LogP contribution in [0.5, 0.6) is 0 Å². The lowest BCUT2D eigenvalue weighted by Gasteiger charge is -2.30. The van der Waals surface area contributed by atoms with Crippen LogP contribution in [0.1, 0.15) is 35.8 Å². The number of anilines is 1. The zero-order valence-corrected chi connectivity index (χ0v) is 17.8. The molecule has 1 aliphatic rings. The summed E-state index contributed by atoms with van der Waals surface area (Å²) in [6.07, 6.45) is 2.49. The topological polar surface area (TPSA) is 74.3 Å². The summed E-state index contributed by atoms with van der Waals surface area (Å²) in [6, 6.07) is 4.58. The van der Waals surface area contributed by atoms with E-state index in [1.165, 1.54) is 36.3 Å². The number of nitrogens with one attached hydrogen (secondary N) is 2. The Hall–Kier alpha value is -1.67. The van der Waals surface area contributed by atoms with Crippen molar-refractivity contribution < 1.29 is 9.59 Å². The normalized spacial score (nSPS) is 17.3. The van der Waals surface area contributed by atoms with Crippen LogP contribution in [-0.2, 0) is 11.3 Å². The summed E-state index contributed by atoms with van der Waals surface area (Å²) in [5.74, 6) is -0.0638. The number of rotatable bonds is 6. The molecule has 150 valence electrons. The Morgan fingerprint density at radius 1 is 1.36 bits per heavy atom. The van der Waals surface area contributed by atoms with Crippen molar-refractivity contribution in [3.63, 3.8) is 0 Å². The van der Waals surface area contributed by atoms with E-state index in [0.717, 1.165) is 25.3 Å². The van der Waals surface area contributed by atoms with Gasteiger partial charge in [0.2, 0.25) is 5.91 Å². The molecule has 0 bridgehead atoms. The number of carbonyl (C=O) groups is 2. The SMILES string of the molecule is CC1CCCN(Cc2csc(NC(=O)CNC(=O)c3ccc(Cl)cc3Cl)n2)C1. The maximum absolute atomic E-state index is 12.1. The molecule has 1 aliphatic heterocycles. The number of amides is 2.